The molecule has 1 heterocycles. The normalized spacial score (nSPS) is 18.0. The van der Waals surface area contributed by atoms with Crippen LogP contribution in [0.4, 0.5) is 5.69 Å². The lowest BCUT2D eigenvalue weighted by Crippen LogP contribution is -2.38. The van der Waals surface area contributed by atoms with Crippen molar-refractivity contribution < 1.29 is 14.7 Å². The first-order valence-electron chi connectivity index (χ1n) is 6.27. The Kier molecular flexibility index (Phi) is 4.14. The van der Waals surface area contributed by atoms with Gasteiger partial charge in [-0.15, -0.1) is 11.8 Å². The van der Waals surface area contributed by atoms with Gasteiger partial charge in [-0.25, -0.2) is 0 Å². The van der Waals surface area contributed by atoms with E-state index in [0.29, 0.717) is 11.8 Å². The third-order valence-electron chi connectivity index (χ3n) is 3.03. The molecule has 102 valence electrons. The van der Waals surface area contributed by atoms with Crippen molar-refractivity contribution in [3.05, 3.63) is 23.8 Å². The number of aryl methyl sites for hydroxylation is 1. The highest BCUT2D eigenvalue weighted by atomic mass is 32.2. The maximum absolute atomic E-state index is 12.2. The third kappa shape index (κ3) is 3.29. The summed E-state index contributed by atoms with van der Waals surface area (Å²) in [5.74, 6) is -1.04. The maximum Gasteiger partial charge on any atom is 0.303 e. The fraction of sp³-hybridized carbons (Fsp3) is 0.429. The number of benzene rings is 1. The van der Waals surface area contributed by atoms with Crippen LogP contribution in [0, 0.1) is 6.92 Å². The molecule has 2 rings (SSSR count). The minimum absolute atomic E-state index is 0.0557. The molecule has 0 saturated carbocycles. The Bertz CT molecular complexity index is 515. The van der Waals surface area contributed by atoms with Crippen molar-refractivity contribution in [2.75, 3.05) is 11.4 Å². The number of hydrogen-bond acceptors (Lipinski definition) is 3. The van der Waals surface area contributed by atoms with Gasteiger partial charge in [-0.1, -0.05) is 13.0 Å². The van der Waals surface area contributed by atoms with Crippen molar-refractivity contribution in [1.82, 2.24) is 0 Å². The summed E-state index contributed by atoms with van der Waals surface area (Å²) in [5, 5.41) is 9.00. The van der Waals surface area contributed by atoms with Gasteiger partial charge in [0, 0.05) is 23.1 Å². The molecule has 1 atom stereocenters. The molecular formula is C14H17NO3S. The molecule has 1 aromatic rings. The van der Waals surface area contributed by atoms with Crippen molar-refractivity contribution in [1.29, 1.82) is 0 Å². The zero-order chi connectivity index (χ0) is 14.0. The Hall–Kier alpha value is -1.49. The molecule has 1 aromatic carbocycles. The topological polar surface area (TPSA) is 57.6 Å². The van der Waals surface area contributed by atoms with E-state index in [-0.39, 0.29) is 18.7 Å². The third-order valence-corrected chi connectivity index (χ3v) is 4.18. The summed E-state index contributed by atoms with van der Waals surface area (Å²) in [7, 11) is 0. The molecule has 5 heteroatoms. The molecule has 0 spiro atoms. The van der Waals surface area contributed by atoms with Crippen LogP contribution in [0.5, 0.6) is 0 Å². The zero-order valence-electron chi connectivity index (χ0n) is 11.0. The number of nitrogens with zero attached hydrogens (tertiary/aromatic N) is 1. The van der Waals surface area contributed by atoms with Gasteiger partial charge >= 0.3 is 5.97 Å². The molecule has 1 aliphatic rings. The summed E-state index contributed by atoms with van der Waals surface area (Å²) in [6, 6.07) is 6.05. The Morgan fingerprint density at radius 3 is 2.84 bits per heavy atom. The van der Waals surface area contributed by atoms with E-state index in [1.165, 1.54) is 0 Å². The predicted molar refractivity (Wildman–Crippen MR) is 75.7 cm³/mol. The van der Waals surface area contributed by atoms with Gasteiger partial charge in [0.1, 0.15) is 0 Å². The van der Waals surface area contributed by atoms with E-state index in [1.807, 2.05) is 25.1 Å². The van der Waals surface area contributed by atoms with Gasteiger partial charge in [0.15, 0.2) is 0 Å². The molecular weight excluding hydrogens is 262 g/mol. The molecule has 0 aromatic heterocycles. The second kappa shape index (κ2) is 5.65. The average Bonchev–Trinajstić information content (AvgIpc) is 2.35. The number of aliphatic carboxylic acids is 1. The average molecular weight is 279 g/mol. The largest absolute Gasteiger partial charge is 0.481 e. The van der Waals surface area contributed by atoms with Crippen LogP contribution in [-0.4, -0.2) is 28.8 Å². The standard InChI is InChI=1S/C14H17NO3S/c1-9-3-4-12-11(7-9)15(8-10(2)19-12)13(16)5-6-14(17)18/h3-4,7,10H,5-6,8H2,1-2H3,(H,17,18). The number of carbonyl (C=O) groups excluding carboxylic acids is 1. The van der Waals surface area contributed by atoms with Crippen LogP contribution >= 0.6 is 11.8 Å². The summed E-state index contributed by atoms with van der Waals surface area (Å²) in [5.41, 5.74) is 2.02. The lowest BCUT2D eigenvalue weighted by atomic mass is 10.1. The van der Waals surface area contributed by atoms with Crippen LogP contribution in [0.25, 0.3) is 0 Å². The summed E-state index contributed by atoms with van der Waals surface area (Å²) in [6.07, 6.45) is -0.0574. The van der Waals surface area contributed by atoms with Crippen molar-refractivity contribution in [2.45, 2.75) is 36.8 Å². The van der Waals surface area contributed by atoms with Crippen molar-refractivity contribution >= 4 is 29.3 Å². The number of fused-ring (bicyclic) bond motifs is 1. The van der Waals surface area contributed by atoms with Crippen LogP contribution in [0.1, 0.15) is 25.3 Å². The van der Waals surface area contributed by atoms with Gasteiger partial charge in [-0.05, 0) is 24.6 Å². The summed E-state index contributed by atoms with van der Waals surface area (Å²) >= 11 is 1.76. The van der Waals surface area contributed by atoms with Crippen LogP contribution in [0.2, 0.25) is 0 Å². The van der Waals surface area contributed by atoms with Gasteiger partial charge in [-0.3, -0.25) is 9.59 Å². The highest BCUT2D eigenvalue weighted by Gasteiger charge is 2.27. The van der Waals surface area contributed by atoms with E-state index < -0.39 is 5.97 Å². The number of rotatable bonds is 3. The molecule has 1 aliphatic heterocycles. The fourth-order valence-corrected chi connectivity index (χ4v) is 3.23. The van der Waals surface area contributed by atoms with Crippen LogP contribution in [-0.2, 0) is 9.59 Å². The summed E-state index contributed by atoms with van der Waals surface area (Å²) in [4.78, 5) is 25.6. The molecule has 1 amide bonds. The molecule has 0 aliphatic carbocycles. The minimum atomic E-state index is -0.933. The smallest absolute Gasteiger partial charge is 0.303 e. The van der Waals surface area contributed by atoms with Crippen molar-refractivity contribution in [2.24, 2.45) is 0 Å². The van der Waals surface area contributed by atoms with E-state index in [1.54, 1.807) is 16.7 Å². The zero-order valence-corrected chi connectivity index (χ0v) is 11.9. The van der Waals surface area contributed by atoms with Crippen LogP contribution in [0.15, 0.2) is 23.1 Å². The number of carbonyl (C=O) groups is 2. The SMILES string of the molecule is Cc1ccc2c(c1)N(C(=O)CCC(=O)O)CC(C)S2. The predicted octanol–water partition coefficient (Wildman–Crippen LogP) is 2.69. The Morgan fingerprint density at radius 1 is 1.42 bits per heavy atom. The van der Waals surface area contributed by atoms with Gasteiger partial charge in [0.2, 0.25) is 5.91 Å². The number of amides is 1. The molecule has 0 bridgehead atoms. The Morgan fingerprint density at radius 2 is 2.16 bits per heavy atom. The molecule has 1 unspecified atom stereocenters. The van der Waals surface area contributed by atoms with Crippen molar-refractivity contribution in [3.8, 4) is 0 Å². The Balaban J connectivity index is 2.24. The fourth-order valence-electron chi connectivity index (χ4n) is 2.13. The van der Waals surface area contributed by atoms with Crippen LogP contribution < -0.4 is 4.90 Å². The molecule has 0 fully saturated rings. The summed E-state index contributed by atoms with van der Waals surface area (Å²) < 4.78 is 0. The number of carboxylic acid groups (broad SMARTS) is 1. The lowest BCUT2D eigenvalue weighted by molar-refractivity contribution is -0.138. The van der Waals surface area contributed by atoms with Gasteiger partial charge in [-0.2, -0.15) is 0 Å². The first-order chi connectivity index (χ1) is 8.97. The van der Waals surface area contributed by atoms with Gasteiger partial charge in [0.05, 0.1) is 12.1 Å². The number of hydrogen-bond donors (Lipinski definition) is 1. The monoisotopic (exact) mass is 279 g/mol. The molecule has 4 nitrogen and oxygen atoms in total. The second-order valence-electron chi connectivity index (χ2n) is 4.80. The highest BCUT2D eigenvalue weighted by molar-refractivity contribution is 8.00. The van der Waals surface area contributed by atoms with E-state index >= 15 is 0 Å². The van der Waals surface area contributed by atoms with Gasteiger partial charge < -0.3 is 10.0 Å². The minimum Gasteiger partial charge on any atom is -0.481 e. The quantitative estimate of drug-likeness (QED) is 0.924. The first-order valence-corrected chi connectivity index (χ1v) is 7.15. The van der Waals surface area contributed by atoms with E-state index in [9.17, 15) is 9.59 Å². The maximum atomic E-state index is 12.2. The summed E-state index contributed by atoms with van der Waals surface area (Å²) in [6.45, 7) is 4.70. The Labute approximate surface area is 116 Å². The lowest BCUT2D eigenvalue weighted by Gasteiger charge is -2.33. The van der Waals surface area contributed by atoms with E-state index in [0.717, 1.165) is 16.1 Å². The number of thioether (sulfide) groups is 1. The van der Waals surface area contributed by atoms with Crippen LogP contribution in [0.3, 0.4) is 0 Å². The van der Waals surface area contributed by atoms with Crippen molar-refractivity contribution in [3.63, 3.8) is 0 Å². The molecule has 0 saturated heterocycles. The number of carboxylic acids is 1. The molecule has 19 heavy (non-hydrogen) atoms. The van der Waals surface area contributed by atoms with E-state index in [2.05, 4.69) is 6.92 Å². The number of anilines is 1. The van der Waals surface area contributed by atoms with Gasteiger partial charge in [0.25, 0.3) is 0 Å². The molecule has 1 N–H and O–H groups in total. The van der Waals surface area contributed by atoms with E-state index in [4.69, 9.17) is 5.11 Å². The highest BCUT2D eigenvalue weighted by Crippen LogP contribution is 2.39. The first kappa shape index (κ1) is 13.9. The molecule has 0 radical (unpaired) electrons. The second-order valence-corrected chi connectivity index (χ2v) is 6.28.